The fourth-order valence-electron chi connectivity index (χ4n) is 0.547. The van der Waals surface area contributed by atoms with Crippen LogP contribution in [-0.4, -0.2) is 11.8 Å². The van der Waals surface area contributed by atoms with Gasteiger partial charge in [0, 0.05) is 6.42 Å². The van der Waals surface area contributed by atoms with Gasteiger partial charge in [0.2, 0.25) is 0 Å². The minimum atomic E-state index is -0.525. The topological polar surface area (TPSA) is 46.0 Å². The van der Waals surface area contributed by atoms with E-state index in [1.807, 2.05) is 0 Å². The Bertz CT molecular complexity index is 227. The van der Waals surface area contributed by atoms with Crippen LogP contribution in [0.25, 0.3) is 0 Å². The Morgan fingerprint density at radius 2 is 2.56 bits per heavy atom. The van der Waals surface area contributed by atoms with Gasteiger partial charge >= 0.3 is 0 Å². The molecular formula is C5H6FNO2. The first-order chi connectivity index (χ1) is 4.34. The van der Waals surface area contributed by atoms with Crippen molar-refractivity contribution in [3.05, 3.63) is 22.2 Å². The summed E-state index contributed by atoms with van der Waals surface area (Å²) in [4.78, 5) is 10.5. The van der Waals surface area contributed by atoms with Crippen molar-refractivity contribution >= 4 is 0 Å². The lowest BCUT2D eigenvalue weighted by Crippen LogP contribution is -2.05. The minimum Gasteiger partial charge on any atom is -0.387 e. The summed E-state index contributed by atoms with van der Waals surface area (Å²) in [5, 5.41) is 2.06. The van der Waals surface area contributed by atoms with Crippen LogP contribution in [0.3, 0.4) is 0 Å². The molecule has 9 heavy (non-hydrogen) atoms. The second-order valence-electron chi connectivity index (χ2n) is 1.63. The quantitative estimate of drug-likeness (QED) is 0.634. The number of hydrogen-bond donors (Lipinski definition) is 1. The lowest BCUT2D eigenvalue weighted by atomic mass is 10.3. The molecule has 50 valence electrons. The van der Waals surface area contributed by atoms with Gasteiger partial charge < -0.3 is 4.52 Å². The Morgan fingerprint density at radius 3 is 3.00 bits per heavy atom. The fraction of sp³-hybridized carbons (Fsp3) is 0.400. The molecule has 0 amide bonds. The molecule has 0 bridgehead atoms. The van der Waals surface area contributed by atoms with Gasteiger partial charge in [-0.2, -0.15) is 5.16 Å². The molecule has 1 heterocycles. The molecule has 0 radical (unpaired) electrons. The Labute approximate surface area is 50.5 Å². The van der Waals surface area contributed by atoms with Crippen LogP contribution in [0.4, 0.5) is 4.39 Å². The van der Waals surface area contributed by atoms with Crippen molar-refractivity contribution in [1.82, 2.24) is 5.16 Å². The lowest BCUT2D eigenvalue weighted by molar-refractivity contribution is 0.412. The molecular weight excluding hydrogens is 125 g/mol. The summed E-state index contributed by atoms with van der Waals surface area (Å²) in [5.74, 6) is 0. The monoisotopic (exact) mass is 131 g/mol. The maximum atomic E-state index is 11.5. The summed E-state index contributed by atoms with van der Waals surface area (Å²) in [6, 6.07) is 0. The molecule has 0 saturated heterocycles. The molecule has 0 atom stereocenters. The van der Waals surface area contributed by atoms with Gasteiger partial charge in [-0.05, 0) is 0 Å². The molecule has 3 nitrogen and oxygen atoms in total. The molecule has 0 spiro atoms. The maximum Gasteiger partial charge on any atom is 0.283 e. The smallest absolute Gasteiger partial charge is 0.283 e. The van der Waals surface area contributed by atoms with E-state index in [2.05, 4.69) is 9.68 Å². The van der Waals surface area contributed by atoms with Crippen molar-refractivity contribution in [1.29, 1.82) is 0 Å². The highest BCUT2D eigenvalue weighted by atomic mass is 19.1. The van der Waals surface area contributed by atoms with Crippen LogP contribution in [0, 0.1) is 0 Å². The van der Waals surface area contributed by atoms with E-state index in [4.69, 9.17) is 0 Å². The number of aromatic amines is 1. The third-order valence-electron chi connectivity index (χ3n) is 1.01. The number of aromatic nitrogens is 1. The SMILES string of the molecule is O=c1[nH]occ1CCF. The van der Waals surface area contributed by atoms with E-state index in [1.165, 1.54) is 6.26 Å². The molecule has 1 rings (SSSR count). The standard InChI is InChI=1S/C5H6FNO2/c6-2-1-4-3-9-7-5(4)8/h3H,1-2H2,(H,7,8). The number of hydrogen-bond acceptors (Lipinski definition) is 2. The highest BCUT2D eigenvalue weighted by Gasteiger charge is 1.98. The largest absolute Gasteiger partial charge is 0.387 e. The zero-order valence-electron chi connectivity index (χ0n) is 4.69. The highest BCUT2D eigenvalue weighted by Crippen LogP contribution is 1.90. The van der Waals surface area contributed by atoms with Gasteiger partial charge in [0.05, 0.1) is 12.2 Å². The molecule has 0 unspecified atom stereocenters. The Morgan fingerprint density at radius 1 is 1.78 bits per heavy atom. The van der Waals surface area contributed by atoms with E-state index in [9.17, 15) is 9.18 Å². The van der Waals surface area contributed by atoms with Crippen molar-refractivity contribution in [2.24, 2.45) is 0 Å². The zero-order valence-corrected chi connectivity index (χ0v) is 4.69. The van der Waals surface area contributed by atoms with Crippen LogP contribution in [0.2, 0.25) is 0 Å². The summed E-state index contributed by atoms with van der Waals surface area (Å²) in [5.41, 5.74) is 0.0187. The van der Waals surface area contributed by atoms with Gasteiger partial charge in [0.15, 0.2) is 0 Å². The molecule has 0 aromatic carbocycles. The predicted molar refractivity (Wildman–Crippen MR) is 29.0 cm³/mol. The Kier molecular flexibility index (Phi) is 1.67. The van der Waals surface area contributed by atoms with Gasteiger partial charge in [-0.15, -0.1) is 0 Å². The molecule has 0 aliphatic carbocycles. The normalized spacial score (nSPS) is 9.89. The van der Waals surface area contributed by atoms with Gasteiger partial charge in [0.1, 0.15) is 6.26 Å². The van der Waals surface area contributed by atoms with Crippen LogP contribution in [-0.2, 0) is 6.42 Å². The van der Waals surface area contributed by atoms with E-state index >= 15 is 0 Å². The van der Waals surface area contributed by atoms with E-state index in [0.717, 1.165) is 0 Å². The summed E-state index contributed by atoms with van der Waals surface area (Å²) < 4.78 is 15.9. The second kappa shape index (κ2) is 2.48. The molecule has 1 N–H and O–H groups in total. The first kappa shape index (κ1) is 6.07. The lowest BCUT2D eigenvalue weighted by Gasteiger charge is -1.80. The van der Waals surface area contributed by atoms with Crippen LogP contribution >= 0.6 is 0 Å². The zero-order chi connectivity index (χ0) is 6.69. The average Bonchev–Trinajstić information content (AvgIpc) is 2.18. The summed E-state index contributed by atoms with van der Waals surface area (Å²) in [7, 11) is 0. The molecule has 4 heteroatoms. The van der Waals surface area contributed by atoms with Gasteiger partial charge in [0.25, 0.3) is 5.56 Å². The van der Waals surface area contributed by atoms with Gasteiger partial charge in [-0.3, -0.25) is 9.18 Å². The number of H-pyrrole nitrogens is 1. The van der Waals surface area contributed by atoms with Crippen LogP contribution < -0.4 is 5.56 Å². The fourth-order valence-corrected chi connectivity index (χ4v) is 0.547. The second-order valence-corrected chi connectivity index (χ2v) is 1.63. The third-order valence-corrected chi connectivity index (χ3v) is 1.01. The highest BCUT2D eigenvalue weighted by molar-refractivity contribution is 5.00. The number of aryl methyl sites for hydroxylation is 1. The Hall–Kier alpha value is -1.06. The molecule has 0 aliphatic heterocycles. The molecule has 0 saturated carbocycles. The average molecular weight is 131 g/mol. The summed E-state index contributed by atoms with van der Waals surface area (Å²) in [6.45, 7) is -0.525. The number of halogens is 1. The first-order valence-electron chi connectivity index (χ1n) is 2.55. The predicted octanol–water partition coefficient (Wildman–Crippen LogP) is 0.480. The third kappa shape index (κ3) is 1.19. The number of alkyl halides is 1. The van der Waals surface area contributed by atoms with Crippen LogP contribution in [0.5, 0.6) is 0 Å². The van der Waals surface area contributed by atoms with E-state index < -0.39 is 6.67 Å². The van der Waals surface area contributed by atoms with Gasteiger partial charge in [-0.25, -0.2) is 0 Å². The summed E-state index contributed by atoms with van der Waals surface area (Å²) in [6.07, 6.45) is 1.35. The van der Waals surface area contributed by atoms with E-state index in [1.54, 1.807) is 0 Å². The van der Waals surface area contributed by atoms with Crippen molar-refractivity contribution < 1.29 is 8.91 Å². The van der Waals surface area contributed by atoms with Crippen molar-refractivity contribution in [2.75, 3.05) is 6.67 Å². The first-order valence-corrected chi connectivity index (χ1v) is 2.55. The molecule has 0 aliphatic rings. The number of nitrogens with one attached hydrogen (secondary N) is 1. The molecule has 0 fully saturated rings. The minimum absolute atomic E-state index is 0.131. The van der Waals surface area contributed by atoms with E-state index in [0.29, 0.717) is 5.56 Å². The van der Waals surface area contributed by atoms with Crippen molar-refractivity contribution in [3.8, 4) is 0 Å². The maximum absolute atomic E-state index is 11.5. The molecule has 1 aromatic rings. The molecule has 1 aromatic heterocycles. The van der Waals surface area contributed by atoms with Crippen molar-refractivity contribution in [2.45, 2.75) is 6.42 Å². The van der Waals surface area contributed by atoms with E-state index in [-0.39, 0.29) is 12.0 Å². The Balaban J connectivity index is 2.81. The van der Waals surface area contributed by atoms with Crippen LogP contribution in [0.1, 0.15) is 5.56 Å². The summed E-state index contributed by atoms with van der Waals surface area (Å²) >= 11 is 0. The van der Waals surface area contributed by atoms with Gasteiger partial charge in [-0.1, -0.05) is 0 Å². The van der Waals surface area contributed by atoms with Crippen molar-refractivity contribution in [3.63, 3.8) is 0 Å². The number of rotatable bonds is 2. The van der Waals surface area contributed by atoms with Crippen LogP contribution in [0.15, 0.2) is 15.6 Å².